The van der Waals surface area contributed by atoms with Gasteiger partial charge in [-0.3, -0.25) is 4.79 Å². The van der Waals surface area contributed by atoms with Crippen LogP contribution in [0.3, 0.4) is 0 Å². The Morgan fingerprint density at radius 2 is 1.90 bits per heavy atom. The van der Waals surface area contributed by atoms with Gasteiger partial charge in [0.25, 0.3) is 0 Å². The molecule has 1 rings (SSSR count). The average molecular weight is 299 g/mol. The quantitative estimate of drug-likeness (QED) is 0.699. The molecule has 21 heavy (non-hydrogen) atoms. The highest BCUT2D eigenvalue weighted by Crippen LogP contribution is 2.20. The number of urea groups is 1. The Balaban J connectivity index is 2.74. The van der Waals surface area contributed by atoms with Crippen LogP contribution in [0.1, 0.15) is 39.5 Å². The maximum absolute atomic E-state index is 12.3. The molecule has 0 bridgehead atoms. The normalized spacial score (nSPS) is 19.0. The van der Waals surface area contributed by atoms with E-state index in [2.05, 4.69) is 10.6 Å². The van der Waals surface area contributed by atoms with Crippen LogP contribution in [-0.2, 0) is 9.59 Å². The predicted octanol–water partition coefficient (Wildman–Crippen LogP) is 0.797. The van der Waals surface area contributed by atoms with Crippen molar-refractivity contribution < 1.29 is 19.5 Å². The van der Waals surface area contributed by atoms with Crippen LogP contribution < -0.4 is 10.6 Å². The van der Waals surface area contributed by atoms with Crippen molar-refractivity contribution in [3.8, 4) is 0 Å². The third-order valence-corrected chi connectivity index (χ3v) is 4.29. The first-order chi connectivity index (χ1) is 9.90. The first kappa shape index (κ1) is 17.3. The van der Waals surface area contributed by atoms with Crippen molar-refractivity contribution in [3.05, 3.63) is 0 Å². The Hall–Kier alpha value is -1.79. The molecule has 0 radical (unpaired) electrons. The second kappa shape index (κ2) is 7.28. The molecule has 0 saturated carbocycles. The summed E-state index contributed by atoms with van der Waals surface area (Å²) >= 11 is 0. The number of nitrogens with zero attached hydrogens (tertiary/aromatic N) is 1. The summed E-state index contributed by atoms with van der Waals surface area (Å²) in [5, 5.41) is 14.6. The molecule has 1 aliphatic heterocycles. The molecule has 1 unspecified atom stereocenters. The minimum absolute atomic E-state index is 0.0806. The van der Waals surface area contributed by atoms with Gasteiger partial charge in [-0.15, -0.1) is 0 Å². The SMILES string of the molecule is CCC(CC)(NC(=O)N1CCCC(C(=O)NC)C1)C(=O)O. The summed E-state index contributed by atoms with van der Waals surface area (Å²) in [6.07, 6.45) is 2.12. The van der Waals surface area contributed by atoms with Gasteiger partial charge in [-0.25, -0.2) is 9.59 Å². The Kier molecular flexibility index (Phi) is 5.99. The Labute approximate surface area is 125 Å². The van der Waals surface area contributed by atoms with Crippen molar-refractivity contribution in [1.82, 2.24) is 15.5 Å². The van der Waals surface area contributed by atoms with Crippen LogP contribution in [0.5, 0.6) is 0 Å². The molecule has 1 aliphatic rings. The summed E-state index contributed by atoms with van der Waals surface area (Å²) in [4.78, 5) is 36.9. The molecule has 120 valence electrons. The van der Waals surface area contributed by atoms with Crippen molar-refractivity contribution in [3.63, 3.8) is 0 Å². The van der Waals surface area contributed by atoms with E-state index in [-0.39, 0.29) is 11.8 Å². The van der Waals surface area contributed by atoms with Gasteiger partial charge in [0.2, 0.25) is 5.91 Å². The molecule has 1 heterocycles. The third-order valence-electron chi connectivity index (χ3n) is 4.29. The van der Waals surface area contributed by atoms with Crippen LogP contribution in [0, 0.1) is 5.92 Å². The number of carbonyl (C=O) groups excluding carboxylic acids is 2. The topological polar surface area (TPSA) is 98.7 Å². The van der Waals surface area contributed by atoms with Gasteiger partial charge in [-0.05, 0) is 25.7 Å². The lowest BCUT2D eigenvalue weighted by Crippen LogP contribution is -2.59. The predicted molar refractivity (Wildman–Crippen MR) is 77.8 cm³/mol. The molecule has 1 fully saturated rings. The van der Waals surface area contributed by atoms with Gasteiger partial charge in [0.1, 0.15) is 5.54 Å². The molecule has 3 N–H and O–H groups in total. The largest absolute Gasteiger partial charge is 0.480 e. The van der Waals surface area contributed by atoms with Crippen LogP contribution in [0.15, 0.2) is 0 Å². The summed E-state index contributed by atoms with van der Waals surface area (Å²) in [5.74, 6) is -1.33. The average Bonchev–Trinajstić information content (AvgIpc) is 2.51. The van der Waals surface area contributed by atoms with Crippen molar-refractivity contribution in [1.29, 1.82) is 0 Å². The zero-order chi connectivity index (χ0) is 16.0. The molecule has 0 spiro atoms. The van der Waals surface area contributed by atoms with Crippen molar-refractivity contribution >= 4 is 17.9 Å². The molecule has 0 aromatic carbocycles. The van der Waals surface area contributed by atoms with Crippen LogP contribution in [0.4, 0.5) is 4.79 Å². The molecule has 7 nitrogen and oxygen atoms in total. The van der Waals surface area contributed by atoms with E-state index in [1.54, 1.807) is 20.9 Å². The lowest BCUT2D eigenvalue weighted by Gasteiger charge is -2.35. The number of amides is 3. The molecule has 0 aromatic rings. The molecule has 7 heteroatoms. The number of hydrogen-bond donors (Lipinski definition) is 3. The number of hydrogen-bond acceptors (Lipinski definition) is 3. The number of carbonyl (C=O) groups is 3. The fraction of sp³-hybridized carbons (Fsp3) is 0.786. The second-order valence-corrected chi connectivity index (χ2v) is 5.42. The summed E-state index contributed by atoms with van der Waals surface area (Å²) in [6, 6.07) is -0.408. The van der Waals surface area contributed by atoms with Gasteiger partial charge in [0.15, 0.2) is 0 Å². The van der Waals surface area contributed by atoms with E-state index >= 15 is 0 Å². The second-order valence-electron chi connectivity index (χ2n) is 5.42. The molecular formula is C14H25N3O4. The lowest BCUT2D eigenvalue weighted by atomic mass is 9.93. The van der Waals surface area contributed by atoms with E-state index in [1.807, 2.05) is 0 Å². The molecule has 0 aliphatic carbocycles. The van der Waals surface area contributed by atoms with Crippen molar-refractivity contribution in [2.45, 2.75) is 45.1 Å². The number of carboxylic acid groups (broad SMARTS) is 1. The highest BCUT2D eigenvalue weighted by Gasteiger charge is 2.38. The number of aliphatic carboxylic acids is 1. The maximum atomic E-state index is 12.3. The Bertz CT molecular complexity index is 407. The van der Waals surface area contributed by atoms with E-state index < -0.39 is 17.5 Å². The molecule has 1 saturated heterocycles. The van der Waals surface area contributed by atoms with E-state index in [4.69, 9.17) is 0 Å². The van der Waals surface area contributed by atoms with Gasteiger partial charge in [0.05, 0.1) is 5.92 Å². The van der Waals surface area contributed by atoms with Gasteiger partial charge in [0, 0.05) is 20.1 Å². The van der Waals surface area contributed by atoms with Crippen LogP contribution >= 0.6 is 0 Å². The smallest absolute Gasteiger partial charge is 0.329 e. The lowest BCUT2D eigenvalue weighted by molar-refractivity contribution is -0.145. The molecule has 3 amide bonds. The highest BCUT2D eigenvalue weighted by molar-refractivity contribution is 5.86. The molecule has 1 atom stereocenters. The zero-order valence-corrected chi connectivity index (χ0v) is 12.9. The van der Waals surface area contributed by atoms with Crippen molar-refractivity contribution in [2.24, 2.45) is 5.92 Å². The summed E-state index contributed by atoms with van der Waals surface area (Å²) in [6.45, 7) is 4.35. The van der Waals surface area contributed by atoms with Crippen LogP contribution in [0.2, 0.25) is 0 Å². The standard InChI is InChI=1S/C14H25N3O4/c1-4-14(5-2,12(19)20)16-13(21)17-8-6-7-10(9-17)11(18)15-3/h10H,4-9H2,1-3H3,(H,15,18)(H,16,21)(H,19,20). The summed E-state index contributed by atoms with van der Waals surface area (Å²) in [5.41, 5.74) is -1.24. The minimum atomic E-state index is -1.24. The fourth-order valence-electron chi connectivity index (χ4n) is 2.65. The van der Waals surface area contributed by atoms with E-state index in [9.17, 15) is 19.5 Å². The zero-order valence-electron chi connectivity index (χ0n) is 12.9. The van der Waals surface area contributed by atoms with Crippen molar-refractivity contribution in [2.75, 3.05) is 20.1 Å². The summed E-state index contributed by atoms with van der Waals surface area (Å²) in [7, 11) is 1.57. The van der Waals surface area contributed by atoms with E-state index in [0.717, 1.165) is 12.8 Å². The first-order valence-electron chi connectivity index (χ1n) is 7.42. The van der Waals surface area contributed by atoms with Gasteiger partial charge in [-0.2, -0.15) is 0 Å². The highest BCUT2D eigenvalue weighted by atomic mass is 16.4. The Morgan fingerprint density at radius 1 is 1.29 bits per heavy atom. The molecule has 0 aromatic heterocycles. The van der Waals surface area contributed by atoms with E-state index in [0.29, 0.717) is 25.9 Å². The molecular weight excluding hydrogens is 274 g/mol. The number of likely N-dealkylation sites (tertiary alicyclic amines) is 1. The summed E-state index contributed by atoms with van der Waals surface area (Å²) < 4.78 is 0. The fourth-order valence-corrected chi connectivity index (χ4v) is 2.65. The number of carboxylic acids is 1. The minimum Gasteiger partial charge on any atom is -0.480 e. The van der Waals surface area contributed by atoms with Gasteiger partial charge in [-0.1, -0.05) is 13.8 Å². The number of piperidine rings is 1. The van der Waals surface area contributed by atoms with Crippen LogP contribution in [0.25, 0.3) is 0 Å². The third kappa shape index (κ3) is 3.86. The maximum Gasteiger partial charge on any atom is 0.329 e. The van der Waals surface area contributed by atoms with Gasteiger partial charge < -0.3 is 20.6 Å². The Morgan fingerprint density at radius 3 is 2.38 bits per heavy atom. The van der Waals surface area contributed by atoms with Gasteiger partial charge >= 0.3 is 12.0 Å². The van der Waals surface area contributed by atoms with Crippen LogP contribution in [-0.4, -0.2) is 53.6 Å². The number of nitrogens with one attached hydrogen (secondary N) is 2. The number of rotatable bonds is 5. The first-order valence-corrected chi connectivity index (χ1v) is 7.42. The van der Waals surface area contributed by atoms with E-state index in [1.165, 1.54) is 4.90 Å². The monoisotopic (exact) mass is 299 g/mol.